The number of aryl methyl sites for hydroxylation is 1. The summed E-state index contributed by atoms with van der Waals surface area (Å²) in [5.41, 5.74) is 3.03. The molecule has 18 heavy (non-hydrogen) atoms. The maximum Gasteiger partial charge on any atom is 0.358 e. The standard InChI is InChI=1S/C13H13NO3S/c1-7-4-9(18-3)5-10(8(7)2)12-6-11(13(15)16)14-17-12/h4-6H,1-3H3,(H,15,16). The Bertz CT molecular complexity index is 604. The summed E-state index contributed by atoms with van der Waals surface area (Å²) in [5.74, 6) is -0.593. The van der Waals surface area contributed by atoms with Gasteiger partial charge in [0.2, 0.25) is 0 Å². The first-order valence-electron chi connectivity index (χ1n) is 5.38. The largest absolute Gasteiger partial charge is 0.476 e. The third-order valence-corrected chi connectivity index (χ3v) is 3.58. The van der Waals surface area contributed by atoms with Gasteiger partial charge in [-0.1, -0.05) is 5.16 Å². The lowest BCUT2D eigenvalue weighted by Crippen LogP contribution is -1.94. The van der Waals surface area contributed by atoms with Crippen molar-refractivity contribution in [3.8, 4) is 11.3 Å². The van der Waals surface area contributed by atoms with E-state index in [9.17, 15) is 4.79 Å². The van der Waals surface area contributed by atoms with E-state index in [0.29, 0.717) is 5.76 Å². The summed E-state index contributed by atoms with van der Waals surface area (Å²) in [6, 6.07) is 5.53. The summed E-state index contributed by atoms with van der Waals surface area (Å²) in [6.45, 7) is 4.00. The number of hydrogen-bond donors (Lipinski definition) is 1. The zero-order valence-corrected chi connectivity index (χ0v) is 11.2. The van der Waals surface area contributed by atoms with E-state index in [1.54, 1.807) is 11.8 Å². The molecule has 5 heteroatoms. The normalized spacial score (nSPS) is 10.6. The van der Waals surface area contributed by atoms with E-state index in [-0.39, 0.29) is 5.69 Å². The first-order valence-corrected chi connectivity index (χ1v) is 6.61. The lowest BCUT2D eigenvalue weighted by molar-refractivity contribution is 0.0686. The van der Waals surface area contributed by atoms with Crippen LogP contribution in [0.3, 0.4) is 0 Å². The summed E-state index contributed by atoms with van der Waals surface area (Å²) in [7, 11) is 0. The number of thioether (sulfide) groups is 1. The smallest absolute Gasteiger partial charge is 0.358 e. The number of nitrogens with zero attached hydrogens (tertiary/aromatic N) is 1. The van der Waals surface area contributed by atoms with Crippen LogP contribution in [0.2, 0.25) is 0 Å². The Kier molecular flexibility index (Phi) is 3.43. The molecule has 0 aliphatic carbocycles. The second-order valence-electron chi connectivity index (χ2n) is 4.00. The molecule has 0 radical (unpaired) electrons. The summed E-state index contributed by atoms with van der Waals surface area (Å²) in [6.07, 6.45) is 2.00. The lowest BCUT2D eigenvalue weighted by atomic mass is 10.0. The molecule has 0 saturated carbocycles. The Balaban J connectivity index is 2.55. The second kappa shape index (κ2) is 4.86. The number of carboxylic acids is 1. The molecule has 2 rings (SSSR count). The number of aromatic carboxylic acids is 1. The third-order valence-electron chi connectivity index (χ3n) is 2.87. The molecular formula is C13H13NO3S. The fourth-order valence-electron chi connectivity index (χ4n) is 1.70. The molecule has 0 amide bonds. The maximum atomic E-state index is 10.8. The van der Waals surface area contributed by atoms with Crippen LogP contribution in [0.15, 0.2) is 27.6 Å². The molecule has 0 aliphatic heterocycles. The van der Waals surface area contributed by atoms with Gasteiger partial charge in [-0.25, -0.2) is 4.79 Å². The van der Waals surface area contributed by atoms with E-state index in [0.717, 1.165) is 21.6 Å². The molecule has 0 fully saturated rings. The van der Waals surface area contributed by atoms with Gasteiger partial charge in [0.05, 0.1) is 0 Å². The number of aromatic nitrogens is 1. The van der Waals surface area contributed by atoms with E-state index in [2.05, 4.69) is 11.2 Å². The summed E-state index contributed by atoms with van der Waals surface area (Å²) in [4.78, 5) is 11.9. The van der Waals surface area contributed by atoms with E-state index in [4.69, 9.17) is 9.63 Å². The van der Waals surface area contributed by atoms with Crippen molar-refractivity contribution in [2.24, 2.45) is 0 Å². The van der Waals surface area contributed by atoms with Gasteiger partial charge in [-0.3, -0.25) is 0 Å². The zero-order chi connectivity index (χ0) is 13.3. The van der Waals surface area contributed by atoms with Crippen LogP contribution in [-0.2, 0) is 0 Å². The fourth-order valence-corrected chi connectivity index (χ4v) is 2.23. The van der Waals surface area contributed by atoms with Crippen molar-refractivity contribution in [2.45, 2.75) is 18.7 Å². The van der Waals surface area contributed by atoms with Crippen LogP contribution >= 0.6 is 11.8 Å². The summed E-state index contributed by atoms with van der Waals surface area (Å²) < 4.78 is 5.11. The first-order chi connectivity index (χ1) is 8.52. The van der Waals surface area contributed by atoms with Crippen LogP contribution in [0.25, 0.3) is 11.3 Å². The summed E-state index contributed by atoms with van der Waals surface area (Å²) >= 11 is 1.64. The molecule has 4 nitrogen and oxygen atoms in total. The van der Waals surface area contributed by atoms with Gasteiger partial charge in [0.25, 0.3) is 0 Å². The van der Waals surface area contributed by atoms with Crippen molar-refractivity contribution in [3.63, 3.8) is 0 Å². The van der Waals surface area contributed by atoms with E-state index < -0.39 is 5.97 Å². The van der Waals surface area contributed by atoms with E-state index in [1.165, 1.54) is 6.07 Å². The topological polar surface area (TPSA) is 63.3 Å². The molecule has 0 aliphatic rings. The van der Waals surface area contributed by atoms with Crippen LogP contribution in [0.5, 0.6) is 0 Å². The molecule has 0 bridgehead atoms. The van der Waals surface area contributed by atoms with Crippen LogP contribution in [0.1, 0.15) is 21.6 Å². The molecule has 1 aromatic heterocycles. The van der Waals surface area contributed by atoms with E-state index >= 15 is 0 Å². The predicted molar refractivity (Wildman–Crippen MR) is 70.2 cm³/mol. The van der Waals surface area contributed by atoms with Gasteiger partial charge in [-0.05, 0) is 43.4 Å². The summed E-state index contributed by atoms with van der Waals surface area (Å²) in [5, 5.41) is 12.4. The Hall–Kier alpha value is -1.75. The molecule has 0 atom stereocenters. The monoisotopic (exact) mass is 263 g/mol. The highest BCUT2D eigenvalue weighted by molar-refractivity contribution is 7.98. The van der Waals surface area contributed by atoms with Gasteiger partial charge < -0.3 is 9.63 Å². The number of benzene rings is 1. The van der Waals surface area contributed by atoms with Gasteiger partial charge in [-0.15, -0.1) is 11.8 Å². The van der Waals surface area contributed by atoms with Crippen molar-refractivity contribution in [1.82, 2.24) is 5.16 Å². The van der Waals surface area contributed by atoms with Crippen molar-refractivity contribution >= 4 is 17.7 Å². The first kappa shape index (κ1) is 12.7. The third kappa shape index (κ3) is 2.26. The van der Waals surface area contributed by atoms with Crippen LogP contribution < -0.4 is 0 Å². The number of rotatable bonds is 3. The minimum atomic E-state index is -1.08. The minimum absolute atomic E-state index is 0.0726. The molecule has 1 heterocycles. The SMILES string of the molecule is CSc1cc(C)c(C)c(-c2cc(C(=O)O)no2)c1. The number of hydrogen-bond acceptors (Lipinski definition) is 4. The van der Waals surface area contributed by atoms with E-state index in [1.807, 2.05) is 26.2 Å². The average Bonchev–Trinajstić information content (AvgIpc) is 2.82. The van der Waals surface area contributed by atoms with Gasteiger partial charge in [0.1, 0.15) is 0 Å². The van der Waals surface area contributed by atoms with Crippen LogP contribution in [0, 0.1) is 13.8 Å². The lowest BCUT2D eigenvalue weighted by Gasteiger charge is -2.08. The molecule has 2 aromatic rings. The quantitative estimate of drug-likeness (QED) is 0.860. The molecule has 1 aromatic carbocycles. The van der Waals surface area contributed by atoms with Gasteiger partial charge >= 0.3 is 5.97 Å². The number of carbonyl (C=O) groups is 1. The highest BCUT2D eigenvalue weighted by Gasteiger charge is 2.15. The molecule has 94 valence electrons. The van der Waals surface area contributed by atoms with Gasteiger partial charge in [0, 0.05) is 16.5 Å². The maximum absolute atomic E-state index is 10.8. The van der Waals surface area contributed by atoms with Crippen molar-refractivity contribution < 1.29 is 14.4 Å². The van der Waals surface area contributed by atoms with Crippen molar-refractivity contribution in [1.29, 1.82) is 0 Å². The van der Waals surface area contributed by atoms with Crippen LogP contribution in [-0.4, -0.2) is 22.5 Å². The molecule has 0 unspecified atom stereocenters. The minimum Gasteiger partial charge on any atom is -0.476 e. The Labute approximate surface area is 109 Å². The van der Waals surface area contributed by atoms with Crippen LogP contribution in [0.4, 0.5) is 0 Å². The molecular weight excluding hydrogens is 250 g/mol. The second-order valence-corrected chi connectivity index (χ2v) is 4.88. The molecule has 1 N–H and O–H groups in total. The molecule has 0 spiro atoms. The Morgan fingerprint density at radius 3 is 2.61 bits per heavy atom. The van der Waals surface area contributed by atoms with Crippen molar-refractivity contribution in [2.75, 3.05) is 6.26 Å². The highest BCUT2D eigenvalue weighted by atomic mass is 32.2. The van der Waals surface area contributed by atoms with Gasteiger partial charge in [-0.2, -0.15) is 0 Å². The molecule has 0 saturated heterocycles. The predicted octanol–water partition coefficient (Wildman–Crippen LogP) is 3.38. The van der Waals surface area contributed by atoms with Gasteiger partial charge in [0.15, 0.2) is 11.5 Å². The van der Waals surface area contributed by atoms with Crippen molar-refractivity contribution in [3.05, 3.63) is 35.0 Å². The number of carboxylic acid groups (broad SMARTS) is 1. The fraction of sp³-hybridized carbons (Fsp3) is 0.231. The highest BCUT2D eigenvalue weighted by Crippen LogP contribution is 2.30. The zero-order valence-electron chi connectivity index (χ0n) is 10.4. The average molecular weight is 263 g/mol. The Morgan fingerprint density at radius 2 is 2.06 bits per heavy atom. The Morgan fingerprint density at radius 1 is 1.33 bits per heavy atom.